The van der Waals surface area contributed by atoms with Gasteiger partial charge in [-0.3, -0.25) is 9.59 Å². The van der Waals surface area contributed by atoms with E-state index in [2.05, 4.69) is 27.7 Å². The molecule has 0 aliphatic heterocycles. The summed E-state index contributed by atoms with van der Waals surface area (Å²) in [6, 6.07) is 6.28. The van der Waals surface area contributed by atoms with Crippen molar-refractivity contribution in [2.75, 3.05) is 26.7 Å². The number of rotatable bonds is 10. The Balaban J connectivity index is 1.78. The minimum absolute atomic E-state index is 0.105. The van der Waals surface area contributed by atoms with E-state index in [0.29, 0.717) is 35.9 Å². The summed E-state index contributed by atoms with van der Waals surface area (Å²) in [5.41, 5.74) is 2.98. The summed E-state index contributed by atoms with van der Waals surface area (Å²) < 4.78 is 7.69. The Bertz CT molecular complexity index is 1020. The van der Waals surface area contributed by atoms with Gasteiger partial charge in [-0.2, -0.15) is 0 Å². The van der Waals surface area contributed by atoms with Crippen molar-refractivity contribution >= 4 is 22.6 Å². The highest BCUT2D eigenvalue weighted by Gasteiger charge is 2.26. The first-order valence-electron chi connectivity index (χ1n) is 10.8. The highest BCUT2D eigenvalue weighted by Crippen LogP contribution is 2.38. The minimum atomic E-state index is -0.207. The van der Waals surface area contributed by atoms with Crippen molar-refractivity contribution in [3.8, 4) is 18.1 Å². The second-order valence-electron chi connectivity index (χ2n) is 7.99. The quantitative estimate of drug-likeness (QED) is 0.350. The number of ether oxygens (including phenoxy) is 1. The molecule has 1 saturated carbocycles. The van der Waals surface area contributed by atoms with Crippen LogP contribution in [0.4, 0.5) is 0 Å². The minimum Gasteiger partial charge on any atom is -0.497 e. The first-order valence-corrected chi connectivity index (χ1v) is 10.8. The van der Waals surface area contributed by atoms with Crippen molar-refractivity contribution in [3.63, 3.8) is 0 Å². The summed E-state index contributed by atoms with van der Waals surface area (Å²) in [4.78, 5) is 25.4. The largest absolute Gasteiger partial charge is 0.497 e. The van der Waals surface area contributed by atoms with Crippen LogP contribution in [0.2, 0.25) is 0 Å². The van der Waals surface area contributed by atoms with Gasteiger partial charge in [0.2, 0.25) is 0 Å². The normalized spacial score (nSPS) is 13.8. The molecule has 0 radical (unpaired) electrons. The zero-order valence-electron chi connectivity index (χ0n) is 18.4. The Labute approximate surface area is 184 Å². The second kappa shape index (κ2) is 10.3. The smallest absolute Gasteiger partial charge is 0.254 e. The SMILES string of the molecule is C#CCCNCC(=O)C(=C)CNC(=O)c1c(C)n(C2CCCC2)c2ccc(OC)cc12. The van der Waals surface area contributed by atoms with Crippen LogP contribution in [0.1, 0.15) is 54.2 Å². The van der Waals surface area contributed by atoms with Crippen LogP contribution >= 0.6 is 0 Å². The molecule has 1 amide bonds. The lowest BCUT2D eigenvalue weighted by atomic mass is 10.1. The van der Waals surface area contributed by atoms with E-state index >= 15 is 0 Å². The predicted octanol–water partition coefficient (Wildman–Crippen LogP) is 3.54. The van der Waals surface area contributed by atoms with Crippen LogP contribution < -0.4 is 15.4 Å². The fourth-order valence-electron chi connectivity index (χ4n) is 4.33. The van der Waals surface area contributed by atoms with Crippen LogP contribution in [0, 0.1) is 19.3 Å². The average molecular weight is 422 g/mol. The molecule has 6 heteroatoms. The molecule has 1 aromatic carbocycles. The van der Waals surface area contributed by atoms with Crippen LogP contribution in [0.3, 0.4) is 0 Å². The maximum absolute atomic E-state index is 13.2. The number of fused-ring (bicyclic) bond motifs is 1. The van der Waals surface area contributed by atoms with E-state index < -0.39 is 0 Å². The molecule has 2 N–H and O–H groups in total. The van der Waals surface area contributed by atoms with E-state index in [-0.39, 0.29) is 24.8 Å². The van der Waals surface area contributed by atoms with E-state index in [9.17, 15) is 9.59 Å². The van der Waals surface area contributed by atoms with Crippen LogP contribution in [-0.2, 0) is 4.79 Å². The maximum atomic E-state index is 13.2. The second-order valence-corrected chi connectivity index (χ2v) is 7.99. The third-order valence-corrected chi connectivity index (χ3v) is 5.96. The van der Waals surface area contributed by atoms with Crippen LogP contribution in [0.25, 0.3) is 10.9 Å². The lowest BCUT2D eigenvalue weighted by Crippen LogP contribution is -2.31. The van der Waals surface area contributed by atoms with Gasteiger partial charge in [-0.1, -0.05) is 19.4 Å². The molecule has 31 heavy (non-hydrogen) atoms. The lowest BCUT2D eigenvalue weighted by molar-refractivity contribution is -0.114. The molecule has 1 aliphatic rings. The van der Waals surface area contributed by atoms with Gasteiger partial charge in [-0.05, 0) is 38.0 Å². The topological polar surface area (TPSA) is 72.4 Å². The van der Waals surface area contributed by atoms with E-state index in [1.165, 1.54) is 12.8 Å². The molecule has 1 heterocycles. The van der Waals surface area contributed by atoms with E-state index in [1.54, 1.807) is 7.11 Å². The van der Waals surface area contributed by atoms with Crippen molar-refractivity contribution in [2.45, 2.75) is 45.1 Å². The number of carbonyl (C=O) groups is 2. The summed E-state index contributed by atoms with van der Waals surface area (Å²) in [5.74, 6) is 2.88. The fourth-order valence-corrected chi connectivity index (χ4v) is 4.33. The highest BCUT2D eigenvalue weighted by atomic mass is 16.5. The van der Waals surface area contributed by atoms with Crippen LogP contribution in [0.15, 0.2) is 30.4 Å². The lowest BCUT2D eigenvalue weighted by Gasteiger charge is -2.16. The summed E-state index contributed by atoms with van der Waals surface area (Å²) >= 11 is 0. The van der Waals surface area contributed by atoms with Crippen molar-refractivity contribution in [1.29, 1.82) is 0 Å². The molecule has 1 fully saturated rings. The number of methoxy groups -OCH3 is 1. The molecule has 0 unspecified atom stereocenters. The summed E-state index contributed by atoms with van der Waals surface area (Å²) in [6.07, 6.45) is 10.4. The highest BCUT2D eigenvalue weighted by molar-refractivity contribution is 6.09. The van der Waals surface area contributed by atoms with Gasteiger partial charge in [-0.25, -0.2) is 0 Å². The summed E-state index contributed by atoms with van der Waals surface area (Å²) in [5, 5.41) is 6.74. The number of nitrogens with zero attached hydrogens (tertiary/aromatic N) is 1. The van der Waals surface area contributed by atoms with Gasteiger partial charge in [0.15, 0.2) is 5.78 Å². The number of terminal acetylenes is 1. The molecule has 164 valence electrons. The predicted molar refractivity (Wildman–Crippen MR) is 124 cm³/mol. The molecular formula is C25H31N3O3. The molecule has 6 nitrogen and oxygen atoms in total. The Kier molecular flexibility index (Phi) is 7.54. The zero-order chi connectivity index (χ0) is 22.4. The Morgan fingerprint density at radius 2 is 2.03 bits per heavy atom. The number of aromatic nitrogens is 1. The third kappa shape index (κ3) is 5.00. The van der Waals surface area contributed by atoms with Crippen molar-refractivity contribution in [2.24, 2.45) is 0 Å². The number of hydrogen-bond acceptors (Lipinski definition) is 4. The molecule has 1 aliphatic carbocycles. The summed E-state index contributed by atoms with van der Waals surface area (Å²) in [6.45, 7) is 6.66. The fraction of sp³-hybridized carbons (Fsp3) is 0.440. The van der Waals surface area contributed by atoms with E-state index in [1.807, 2.05) is 25.1 Å². The number of amides is 1. The monoisotopic (exact) mass is 421 g/mol. The van der Waals surface area contributed by atoms with Crippen molar-refractivity contribution < 1.29 is 14.3 Å². The van der Waals surface area contributed by atoms with Crippen LogP contribution in [-0.4, -0.2) is 43.0 Å². The van der Waals surface area contributed by atoms with Gasteiger partial charge in [0.25, 0.3) is 5.91 Å². The number of Topliss-reactive ketones (excluding diaryl/α,β-unsaturated/α-hetero) is 1. The molecule has 3 rings (SSSR count). The van der Waals surface area contributed by atoms with Gasteiger partial charge < -0.3 is 19.9 Å². The molecule has 0 atom stereocenters. The molecule has 0 saturated heterocycles. The van der Waals surface area contributed by atoms with E-state index in [4.69, 9.17) is 11.2 Å². The molecule has 1 aromatic heterocycles. The Morgan fingerprint density at radius 3 is 2.71 bits per heavy atom. The molecule has 0 bridgehead atoms. The van der Waals surface area contributed by atoms with Crippen LogP contribution in [0.5, 0.6) is 5.75 Å². The van der Waals surface area contributed by atoms with Gasteiger partial charge in [0.1, 0.15) is 5.75 Å². The standard InChI is InChI=1S/C25H31N3O3/c1-5-6-13-26-16-23(29)17(2)15-27-25(30)24-18(3)28(19-9-7-8-10-19)22-12-11-20(31-4)14-21(22)24/h1,11-12,14,19,26H,2,6-10,13,15-16H2,3-4H3,(H,27,30). The summed E-state index contributed by atoms with van der Waals surface area (Å²) in [7, 11) is 1.62. The third-order valence-electron chi connectivity index (χ3n) is 5.96. The van der Waals surface area contributed by atoms with E-state index in [0.717, 1.165) is 29.4 Å². The van der Waals surface area contributed by atoms with Crippen molar-refractivity contribution in [3.05, 3.63) is 41.6 Å². The Morgan fingerprint density at radius 1 is 1.29 bits per heavy atom. The number of carbonyl (C=O) groups excluding carboxylic acids is 2. The molecule has 2 aromatic rings. The average Bonchev–Trinajstić information content (AvgIpc) is 3.39. The van der Waals surface area contributed by atoms with Gasteiger partial charge in [0.05, 0.1) is 19.2 Å². The first-order chi connectivity index (χ1) is 15.0. The number of ketones is 1. The van der Waals surface area contributed by atoms with Gasteiger partial charge >= 0.3 is 0 Å². The number of hydrogen-bond donors (Lipinski definition) is 2. The number of nitrogens with one attached hydrogen (secondary N) is 2. The van der Waals surface area contributed by atoms with Crippen molar-refractivity contribution in [1.82, 2.24) is 15.2 Å². The number of benzene rings is 1. The van der Waals surface area contributed by atoms with Gasteiger partial charge in [0, 0.05) is 47.7 Å². The van der Waals surface area contributed by atoms with Gasteiger partial charge in [-0.15, -0.1) is 12.3 Å². The molecular weight excluding hydrogens is 390 g/mol. The Hall–Kier alpha value is -3.04. The first kappa shape index (κ1) is 22.6. The zero-order valence-corrected chi connectivity index (χ0v) is 18.4. The molecule has 0 spiro atoms. The maximum Gasteiger partial charge on any atom is 0.254 e.